The predicted octanol–water partition coefficient (Wildman–Crippen LogP) is 6.95. The summed E-state index contributed by atoms with van der Waals surface area (Å²) in [7, 11) is -0.659. The molecule has 0 spiro atoms. The minimum atomic E-state index is -0.659. The van der Waals surface area contributed by atoms with Gasteiger partial charge in [-0.1, -0.05) is 0 Å². The monoisotopic (exact) mass is 458 g/mol. The Kier molecular flexibility index (Phi) is 22.6. The molecule has 0 saturated heterocycles. The second kappa shape index (κ2) is 19.4. The van der Waals surface area contributed by atoms with Crippen LogP contribution in [0.4, 0.5) is 0 Å². The van der Waals surface area contributed by atoms with Gasteiger partial charge >= 0.3 is 160 Å². The quantitative estimate of drug-likeness (QED) is 0.158. The maximum atomic E-state index is 3.76. The Morgan fingerprint density at radius 3 is 1.43 bits per heavy atom. The zero-order valence-corrected chi connectivity index (χ0v) is 25.0. The molecule has 0 aliphatic carbocycles. The van der Waals surface area contributed by atoms with E-state index in [0.29, 0.717) is 0 Å². The van der Waals surface area contributed by atoms with Gasteiger partial charge in [-0.25, -0.2) is 0 Å². The molecule has 0 amide bonds. The number of rotatable bonds is 13. The molecular formula is C17H34SiZn3. The summed E-state index contributed by atoms with van der Waals surface area (Å²) in [6.45, 7) is 18.6. The van der Waals surface area contributed by atoms with E-state index in [1.807, 2.05) is 0 Å². The molecule has 0 rings (SSSR count). The number of unbranched alkanes of at least 4 members (excludes halogenated alkanes) is 1. The van der Waals surface area contributed by atoms with E-state index in [-0.39, 0.29) is 51.4 Å². The van der Waals surface area contributed by atoms with Crippen molar-refractivity contribution in [3.63, 3.8) is 0 Å². The Morgan fingerprint density at radius 2 is 1.10 bits per heavy atom. The molecule has 0 radical (unpaired) electrons. The van der Waals surface area contributed by atoms with Crippen LogP contribution in [0.5, 0.6) is 0 Å². The van der Waals surface area contributed by atoms with E-state index in [1.165, 1.54) is 27.9 Å². The van der Waals surface area contributed by atoms with Crippen LogP contribution in [0.1, 0.15) is 12.8 Å². The van der Waals surface area contributed by atoms with E-state index in [2.05, 4.69) is 57.6 Å². The van der Waals surface area contributed by atoms with Gasteiger partial charge in [-0.3, -0.25) is 0 Å². The van der Waals surface area contributed by atoms with Crippen molar-refractivity contribution >= 4 is 8.07 Å². The molecule has 0 aliphatic rings. The molecule has 0 N–H and O–H groups in total. The number of hydrogen-bond donors (Lipinski definition) is 0. The molecule has 0 fully saturated rings. The Bertz CT molecular complexity index is 233. The van der Waals surface area contributed by atoms with Crippen LogP contribution >= 0.6 is 0 Å². The molecule has 0 unspecified atom stereocenters. The number of hydrogen-bond acceptors (Lipinski definition) is 0. The Morgan fingerprint density at radius 1 is 0.714 bits per heavy atom. The molecule has 0 nitrogen and oxygen atoms in total. The molecule has 4 heteroatoms. The third-order valence-corrected chi connectivity index (χ3v) is 26.3. The van der Waals surface area contributed by atoms with Crippen molar-refractivity contribution in [3.05, 3.63) is 38.0 Å². The van der Waals surface area contributed by atoms with E-state index in [4.69, 9.17) is 0 Å². The summed E-state index contributed by atoms with van der Waals surface area (Å²) in [6, 6.07) is 0. The van der Waals surface area contributed by atoms with E-state index >= 15 is 0 Å². The van der Waals surface area contributed by atoms with Crippen molar-refractivity contribution < 1.29 is 51.4 Å². The zero-order valence-electron chi connectivity index (χ0n) is 15.1. The second-order valence-electron chi connectivity index (χ2n) is 7.02. The Balaban J connectivity index is 0. The third kappa shape index (κ3) is 29.9. The average Bonchev–Trinajstić information content (AvgIpc) is 2.42. The maximum absolute atomic E-state index is 3.76. The van der Waals surface area contributed by atoms with E-state index in [0.717, 1.165) is 0 Å². The van der Waals surface area contributed by atoms with Crippen molar-refractivity contribution in [1.82, 2.24) is 0 Å². The first kappa shape index (κ1) is 24.6. The topological polar surface area (TPSA) is 0 Å². The zero-order chi connectivity index (χ0) is 16.4. The van der Waals surface area contributed by atoms with Crippen LogP contribution in [0.3, 0.4) is 0 Å². The summed E-state index contributed by atoms with van der Waals surface area (Å²) >= 11 is -0.387. The first-order valence-electron chi connectivity index (χ1n) is 8.80. The molecule has 0 aromatic heterocycles. The van der Waals surface area contributed by atoms with E-state index in [1.54, 1.807) is 14.7 Å². The van der Waals surface area contributed by atoms with Gasteiger partial charge in [0.2, 0.25) is 0 Å². The van der Waals surface area contributed by atoms with Crippen molar-refractivity contribution in [2.24, 2.45) is 0 Å². The standard InChI is InChI=1S/C4H11Si.C4H8.3C3H5.3Zn/c1-5(2,3)4;1-3-4-2;3*1-3-2;;;/h1H2,2-4H3;1-4H2;3*3H,1-2H2;;;. The van der Waals surface area contributed by atoms with Gasteiger partial charge in [-0.05, 0) is 0 Å². The molecule has 0 atom stereocenters. The van der Waals surface area contributed by atoms with Gasteiger partial charge < -0.3 is 0 Å². The SMILES string of the molecule is C=C[CH2][Zn][CH2]CC[CH2][Zn][CH2]C=C.C=C[CH2][Zn][CH2][Si](C)(C)C. The van der Waals surface area contributed by atoms with Gasteiger partial charge in [0.15, 0.2) is 0 Å². The fourth-order valence-corrected chi connectivity index (χ4v) is 17.3. The number of allylic oxidation sites excluding steroid dienone is 3. The van der Waals surface area contributed by atoms with E-state index < -0.39 is 8.07 Å². The molecule has 0 aromatic rings. The fraction of sp³-hybridized carbons (Fsp3) is 0.647. The van der Waals surface area contributed by atoms with Crippen LogP contribution in [-0.4, -0.2) is 8.07 Å². The summed E-state index contributed by atoms with van der Waals surface area (Å²) in [4.78, 5) is 0. The van der Waals surface area contributed by atoms with Crippen LogP contribution in [0.15, 0.2) is 38.0 Å². The predicted molar refractivity (Wildman–Crippen MR) is 92.0 cm³/mol. The first-order chi connectivity index (χ1) is 9.97. The third-order valence-electron chi connectivity index (χ3n) is 3.40. The minimum absolute atomic E-state index is 0.127. The van der Waals surface area contributed by atoms with Crippen molar-refractivity contribution in [1.29, 1.82) is 0 Å². The Hall–Kier alpha value is 1.31. The molecule has 0 heterocycles. The van der Waals surface area contributed by atoms with Gasteiger partial charge in [-0.2, -0.15) is 0 Å². The summed E-state index contributed by atoms with van der Waals surface area (Å²) < 4.78 is 1.63. The van der Waals surface area contributed by atoms with E-state index in [9.17, 15) is 0 Å². The van der Waals surface area contributed by atoms with Crippen LogP contribution in [0.25, 0.3) is 0 Å². The molecule has 112 valence electrons. The van der Waals surface area contributed by atoms with Crippen LogP contribution < -0.4 is 0 Å². The molecule has 0 aliphatic heterocycles. The van der Waals surface area contributed by atoms with Crippen molar-refractivity contribution in [3.8, 4) is 0 Å². The normalized spacial score (nSPS) is 9.29. The van der Waals surface area contributed by atoms with Crippen molar-refractivity contribution in [2.45, 2.75) is 62.2 Å². The van der Waals surface area contributed by atoms with Crippen molar-refractivity contribution in [2.75, 3.05) is 0 Å². The van der Waals surface area contributed by atoms with Crippen LogP contribution in [0, 0.1) is 0 Å². The first-order valence-corrected chi connectivity index (χ1v) is 25.1. The molecule has 0 bridgehead atoms. The average molecular weight is 463 g/mol. The summed E-state index contributed by atoms with van der Waals surface area (Å²) in [5.74, 6) is 0. The second-order valence-corrected chi connectivity index (χ2v) is 26.8. The van der Waals surface area contributed by atoms with Gasteiger partial charge in [-0.15, -0.1) is 0 Å². The summed E-state index contributed by atoms with van der Waals surface area (Å²) in [5.41, 5.74) is 0. The molecule has 0 saturated carbocycles. The summed E-state index contributed by atoms with van der Waals surface area (Å²) in [6.07, 6.45) is 9.36. The molecule has 21 heavy (non-hydrogen) atoms. The fourth-order valence-electron chi connectivity index (χ4n) is 2.06. The van der Waals surface area contributed by atoms with Gasteiger partial charge in [0, 0.05) is 0 Å². The Labute approximate surface area is 158 Å². The molecule has 0 aromatic carbocycles. The van der Waals surface area contributed by atoms with Crippen LogP contribution in [0.2, 0.25) is 49.4 Å². The molecular weight excluding hydrogens is 428 g/mol. The van der Waals surface area contributed by atoms with Crippen LogP contribution in [-0.2, 0) is 51.4 Å². The van der Waals surface area contributed by atoms with Gasteiger partial charge in [0.25, 0.3) is 0 Å². The van der Waals surface area contributed by atoms with Gasteiger partial charge in [0.1, 0.15) is 0 Å². The van der Waals surface area contributed by atoms with Gasteiger partial charge in [0.05, 0.1) is 0 Å². The summed E-state index contributed by atoms with van der Waals surface area (Å²) in [5, 5.41) is 7.35.